The average molecular weight is 551 g/mol. The van der Waals surface area contributed by atoms with E-state index in [9.17, 15) is 9.59 Å². The summed E-state index contributed by atoms with van der Waals surface area (Å²) < 4.78 is 30.2. The first-order valence-corrected chi connectivity index (χ1v) is 16.9. The number of carbonyl (C=O) groups is 2. The van der Waals surface area contributed by atoms with Gasteiger partial charge in [0.1, 0.15) is 12.5 Å². The predicted octanol–water partition coefficient (Wildman–Crippen LogP) is 4.66. The van der Waals surface area contributed by atoms with Crippen molar-refractivity contribution in [1.82, 2.24) is 20.1 Å². The highest BCUT2D eigenvalue weighted by Gasteiger charge is 2.30. The highest BCUT2D eigenvalue weighted by Crippen LogP contribution is 2.43. The van der Waals surface area contributed by atoms with E-state index in [1.165, 1.54) is 6.20 Å². The molecule has 0 saturated heterocycles. The first-order valence-electron chi connectivity index (χ1n) is 14.7. The molecule has 2 amide bonds. The van der Waals surface area contributed by atoms with Crippen LogP contribution < -0.4 is 20.9 Å². The second kappa shape index (κ2) is 10.8. The Kier molecular flexibility index (Phi) is 6.44. The van der Waals surface area contributed by atoms with Crippen molar-refractivity contribution in [3.05, 3.63) is 47.8 Å². The summed E-state index contributed by atoms with van der Waals surface area (Å²) in [4.78, 5) is 31.6. The maximum absolute atomic E-state index is 12.9. The Morgan fingerprint density at radius 2 is 2.05 bits per heavy atom. The zero-order chi connectivity index (χ0) is 30.2. The molecule has 10 nitrogen and oxygen atoms in total. The predicted molar refractivity (Wildman–Crippen MR) is 156 cm³/mol. The smallest absolute Gasteiger partial charge is 0.254 e. The van der Waals surface area contributed by atoms with Crippen molar-refractivity contribution < 1.29 is 18.4 Å². The highest BCUT2D eigenvalue weighted by molar-refractivity contribution is 6.76. The molecule has 5 rings (SSSR count). The lowest BCUT2D eigenvalue weighted by atomic mass is 9.99. The van der Waals surface area contributed by atoms with Crippen molar-refractivity contribution in [2.45, 2.75) is 51.8 Å². The molecular weight excluding hydrogens is 510 g/mol. The third kappa shape index (κ3) is 6.15. The van der Waals surface area contributed by atoms with Crippen LogP contribution in [0.1, 0.15) is 32.9 Å². The summed E-state index contributed by atoms with van der Waals surface area (Å²) >= 11 is 0. The van der Waals surface area contributed by atoms with Gasteiger partial charge in [-0.1, -0.05) is 31.8 Å². The van der Waals surface area contributed by atoms with Crippen LogP contribution in [0.4, 0.5) is 22.9 Å². The molecule has 11 heteroatoms. The van der Waals surface area contributed by atoms with Crippen LogP contribution in [0.3, 0.4) is 0 Å². The van der Waals surface area contributed by atoms with Gasteiger partial charge in [-0.25, -0.2) is 9.67 Å². The van der Waals surface area contributed by atoms with Crippen LogP contribution in [0, 0.1) is 5.92 Å². The molecule has 3 heterocycles. The Balaban J connectivity index is 1.44. The number of ether oxygens (including phenoxy) is 1. The average Bonchev–Trinajstić information content (AvgIpc) is 3.66. The molecule has 206 valence electrons. The molecule has 0 atom stereocenters. The van der Waals surface area contributed by atoms with Crippen LogP contribution in [-0.4, -0.2) is 55.3 Å². The monoisotopic (exact) mass is 550 g/mol. The number of para-hydroxylation sites is 1. The fourth-order valence-corrected chi connectivity index (χ4v) is 5.34. The lowest BCUT2D eigenvalue weighted by molar-refractivity contribution is -0.117. The first-order chi connectivity index (χ1) is 19.8. The molecule has 3 N–H and O–H groups in total. The number of nitrogens with zero attached hydrogens (tertiary/aromatic N) is 4. The summed E-state index contributed by atoms with van der Waals surface area (Å²) in [5, 5.41) is 13.0. The maximum atomic E-state index is 12.9. The Morgan fingerprint density at radius 3 is 2.79 bits per heavy atom. The van der Waals surface area contributed by atoms with Crippen molar-refractivity contribution in [2.24, 2.45) is 5.92 Å². The number of pyridine rings is 1. The minimum atomic E-state index is -2.67. The van der Waals surface area contributed by atoms with E-state index in [4.69, 9.17) is 13.9 Å². The molecule has 2 aromatic heterocycles. The highest BCUT2D eigenvalue weighted by atomic mass is 28.3. The van der Waals surface area contributed by atoms with Gasteiger partial charge in [0.05, 0.1) is 28.3 Å². The molecule has 39 heavy (non-hydrogen) atoms. The molecule has 1 aliphatic carbocycles. The molecule has 1 aromatic carbocycles. The lowest BCUT2D eigenvalue weighted by Gasteiger charge is -2.29. The Bertz CT molecular complexity index is 1500. The van der Waals surface area contributed by atoms with Crippen molar-refractivity contribution in [3.8, 4) is 11.3 Å². The Labute approximate surface area is 234 Å². The van der Waals surface area contributed by atoms with Crippen LogP contribution in [0.15, 0.2) is 36.7 Å². The fourth-order valence-electron chi connectivity index (χ4n) is 4.58. The maximum Gasteiger partial charge on any atom is 0.254 e. The number of hydrogen-bond acceptors (Lipinski definition) is 7. The van der Waals surface area contributed by atoms with Gasteiger partial charge in [0.15, 0.2) is 0 Å². The molecule has 1 saturated carbocycles. The number of anilines is 4. The molecule has 3 aromatic rings. The summed E-state index contributed by atoms with van der Waals surface area (Å²) in [5.41, 5.74) is 4.75. The number of hydrogen-bond donors (Lipinski definition) is 3. The number of nitrogens with one attached hydrogen (secondary N) is 3. The largest absolute Gasteiger partial charge is 0.368 e. The number of amides is 2. The zero-order valence-electron chi connectivity index (χ0n) is 25.8. The summed E-state index contributed by atoms with van der Waals surface area (Å²) in [6.45, 7) is 5.98. The van der Waals surface area contributed by atoms with E-state index in [1.54, 1.807) is 6.07 Å². The standard InChI is InChI=1S/C28H37N7O3Si/c1-29-28(37)21-14-30-24(32-27(36)18-9-10-18)13-23(21)31-22-8-6-7-20-25-19(15-34(2)26(20)22)16-35(33-25)17-38-11-12-39(3,4)5/h6-8,13-14,16,18H,9-12,15,17H2,1-5H3,(H,29,37)(H2,30,31,32,36)/i1D3. The summed E-state index contributed by atoms with van der Waals surface area (Å²) in [6, 6.07) is 8.41. The van der Waals surface area contributed by atoms with E-state index in [0.29, 0.717) is 31.3 Å². The summed E-state index contributed by atoms with van der Waals surface area (Å²) in [7, 11) is 0.794. The van der Waals surface area contributed by atoms with Crippen molar-refractivity contribution in [1.29, 1.82) is 0 Å². The van der Waals surface area contributed by atoms with E-state index >= 15 is 0 Å². The van der Waals surface area contributed by atoms with Crippen molar-refractivity contribution >= 4 is 42.8 Å². The third-order valence-electron chi connectivity index (χ3n) is 6.87. The molecule has 0 spiro atoms. The number of fused-ring (bicyclic) bond motifs is 3. The number of rotatable bonds is 10. The quantitative estimate of drug-likeness (QED) is 0.249. The van der Waals surface area contributed by atoms with Gasteiger partial charge in [-0.3, -0.25) is 9.59 Å². The second-order valence-corrected chi connectivity index (χ2v) is 17.0. The minimum absolute atomic E-state index is 0.0312. The minimum Gasteiger partial charge on any atom is -0.368 e. The molecule has 2 aliphatic rings. The molecule has 0 bridgehead atoms. The summed E-state index contributed by atoms with van der Waals surface area (Å²) in [5.74, 6) is -0.694. The van der Waals surface area contributed by atoms with Gasteiger partial charge in [-0.2, -0.15) is 5.10 Å². The topological polar surface area (TPSA) is 113 Å². The molecular formula is C28H37N7O3Si. The number of benzene rings is 1. The normalized spacial score (nSPS) is 15.9. The van der Waals surface area contributed by atoms with E-state index in [2.05, 4.69) is 40.2 Å². The van der Waals surface area contributed by atoms with Crippen molar-refractivity contribution in [3.63, 3.8) is 0 Å². The first kappa shape index (κ1) is 23.2. The Hall–Kier alpha value is -3.70. The van der Waals surface area contributed by atoms with Crippen LogP contribution in [-0.2, 0) is 22.8 Å². The molecule has 0 unspecified atom stereocenters. The van der Waals surface area contributed by atoms with Gasteiger partial charge in [0.2, 0.25) is 5.91 Å². The van der Waals surface area contributed by atoms with Crippen molar-refractivity contribution in [2.75, 3.05) is 36.2 Å². The Morgan fingerprint density at radius 1 is 1.23 bits per heavy atom. The number of aromatic nitrogens is 3. The number of carbonyl (C=O) groups excluding carboxylic acids is 2. The zero-order valence-corrected chi connectivity index (χ0v) is 23.8. The van der Waals surface area contributed by atoms with Crippen LogP contribution in [0.5, 0.6) is 0 Å². The van der Waals surface area contributed by atoms with Gasteiger partial charge >= 0.3 is 0 Å². The van der Waals surface area contributed by atoms with E-state index in [-0.39, 0.29) is 23.2 Å². The van der Waals surface area contributed by atoms with Gasteiger partial charge in [-0.15, -0.1) is 0 Å². The SMILES string of the molecule is [2H]C([2H])([2H])NC(=O)c1cnc(NC(=O)C2CC2)cc1Nc1cccc2c1N(C)Cc1cn(COCC[Si](C)(C)C)nc1-2. The molecule has 0 radical (unpaired) electrons. The van der Waals surface area contributed by atoms with Crippen LogP contribution in [0.2, 0.25) is 25.7 Å². The second-order valence-electron chi connectivity index (χ2n) is 11.4. The van der Waals surface area contributed by atoms with Crippen LogP contribution in [0.25, 0.3) is 11.3 Å². The molecule has 1 aliphatic heterocycles. The lowest BCUT2D eigenvalue weighted by Crippen LogP contribution is -2.23. The van der Waals surface area contributed by atoms with Gasteiger partial charge in [0, 0.05) is 74.9 Å². The summed E-state index contributed by atoms with van der Waals surface area (Å²) in [6.07, 6.45) is 4.95. The van der Waals surface area contributed by atoms with Gasteiger partial charge in [0.25, 0.3) is 5.91 Å². The van der Waals surface area contributed by atoms with E-state index < -0.39 is 21.0 Å². The third-order valence-corrected chi connectivity index (χ3v) is 8.57. The van der Waals surface area contributed by atoms with Gasteiger partial charge in [-0.05, 0) is 25.0 Å². The van der Waals surface area contributed by atoms with Crippen LogP contribution >= 0.6 is 0 Å². The molecule has 1 fully saturated rings. The van der Waals surface area contributed by atoms with E-state index in [0.717, 1.165) is 41.4 Å². The van der Waals surface area contributed by atoms with E-state index in [1.807, 2.05) is 41.4 Å². The van der Waals surface area contributed by atoms with Gasteiger partial charge < -0.3 is 25.6 Å². The fraction of sp³-hybridized carbons (Fsp3) is 0.429.